The van der Waals surface area contributed by atoms with Crippen LogP contribution in [0.1, 0.15) is 57.6 Å². The number of rotatable bonds is 10. The number of hydrogen-bond acceptors (Lipinski definition) is 3. The molecule has 1 aromatic rings. The maximum atomic E-state index is 11.8. The minimum absolute atomic E-state index is 0.0770. The number of carbonyl (C=O) groups is 2. The van der Waals surface area contributed by atoms with Crippen LogP contribution in [0.5, 0.6) is 0 Å². The Morgan fingerprint density at radius 3 is 2.46 bits per heavy atom. The van der Waals surface area contributed by atoms with E-state index >= 15 is 0 Å². The van der Waals surface area contributed by atoms with Crippen molar-refractivity contribution in [2.45, 2.75) is 52.0 Å². The van der Waals surface area contributed by atoms with E-state index in [9.17, 15) is 9.59 Å². The van der Waals surface area contributed by atoms with Gasteiger partial charge in [-0.2, -0.15) is 0 Å². The highest BCUT2D eigenvalue weighted by Crippen LogP contribution is 2.15. The molecule has 134 valence electrons. The molecule has 0 spiro atoms. The molecule has 2 N–H and O–H groups in total. The molecule has 0 aliphatic heterocycles. The predicted octanol–water partition coefficient (Wildman–Crippen LogP) is 4.21. The van der Waals surface area contributed by atoms with Crippen LogP contribution in [0.2, 0.25) is 5.02 Å². The van der Waals surface area contributed by atoms with Crippen LogP contribution in [0.3, 0.4) is 0 Å². The number of ether oxygens (including phenoxy) is 1. The Morgan fingerprint density at radius 1 is 1.12 bits per heavy atom. The average molecular weight is 355 g/mol. The molecule has 0 aromatic heterocycles. The van der Waals surface area contributed by atoms with E-state index in [1.54, 1.807) is 0 Å². The number of carbonyl (C=O) groups excluding carboxylic acids is 2. The van der Waals surface area contributed by atoms with E-state index in [1.165, 1.54) is 0 Å². The summed E-state index contributed by atoms with van der Waals surface area (Å²) < 4.78 is 4.87. The lowest BCUT2D eigenvalue weighted by molar-refractivity contribution is -0.143. The maximum absolute atomic E-state index is 11.8. The van der Waals surface area contributed by atoms with Gasteiger partial charge < -0.3 is 15.4 Å². The Bertz CT molecular complexity index is 505. The van der Waals surface area contributed by atoms with Crippen LogP contribution < -0.4 is 10.6 Å². The second-order valence-corrected chi connectivity index (χ2v) is 6.08. The van der Waals surface area contributed by atoms with Gasteiger partial charge in [0.1, 0.15) is 0 Å². The smallest absolute Gasteiger partial charge is 0.315 e. The largest absolute Gasteiger partial charge is 0.466 e. The van der Waals surface area contributed by atoms with Crippen LogP contribution in [0.4, 0.5) is 4.79 Å². The van der Waals surface area contributed by atoms with Crippen LogP contribution in [-0.2, 0) is 9.53 Å². The Labute approximate surface area is 149 Å². The van der Waals surface area contributed by atoms with Crippen molar-refractivity contribution in [1.29, 1.82) is 0 Å². The zero-order valence-corrected chi connectivity index (χ0v) is 15.2. The summed E-state index contributed by atoms with van der Waals surface area (Å²) in [6.07, 6.45) is 4.14. The molecule has 1 aromatic carbocycles. The summed E-state index contributed by atoms with van der Waals surface area (Å²) in [5.41, 5.74) is 1.01. The Morgan fingerprint density at radius 2 is 1.79 bits per heavy atom. The number of amides is 2. The van der Waals surface area contributed by atoms with Crippen molar-refractivity contribution in [2.75, 3.05) is 13.2 Å². The Balaban J connectivity index is 2.07. The second kappa shape index (κ2) is 11.7. The monoisotopic (exact) mass is 354 g/mol. The maximum Gasteiger partial charge on any atom is 0.315 e. The van der Waals surface area contributed by atoms with Crippen molar-refractivity contribution in [3.63, 3.8) is 0 Å². The first kappa shape index (κ1) is 20.3. The van der Waals surface area contributed by atoms with Crippen molar-refractivity contribution in [3.8, 4) is 0 Å². The molecule has 0 saturated heterocycles. The Hall–Kier alpha value is -1.75. The van der Waals surface area contributed by atoms with Crippen molar-refractivity contribution in [2.24, 2.45) is 0 Å². The van der Waals surface area contributed by atoms with Gasteiger partial charge in [-0.05, 0) is 44.4 Å². The van der Waals surface area contributed by atoms with Crippen LogP contribution >= 0.6 is 11.6 Å². The minimum atomic E-state index is -0.177. The number of unbranched alkanes of at least 4 members (excludes halogenated alkanes) is 3. The fourth-order valence-electron chi connectivity index (χ4n) is 2.27. The van der Waals surface area contributed by atoms with Gasteiger partial charge in [0.05, 0.1) is 12.6 Å². The Kier molecular flexibility index (Phi) is 9.92. The van der Waals surface area contributed by atoms with Gasteiger partial charge in [-0.1, -0.05) is 36.6 Å². The van der Waals surface area contributed by atoms with E-state index in [1.807, 2.05) is 38.1 Å². The summed E-state index contributed by atoms with van der Waals surface area (Å²) in [7, 11) is 0. The van der Waals surface area contributed by atoms with Crippen LogP contribution in [0.15, 0.2) is 24.3 Å². The van der Waals surface area contributed by atoms with Crippen LogP contribution in [0, 0.1) is 0 Å². The quantitative estimate of drug-likeness (QED) is 0.488. The SMILES string of the molecule is CCOC(=O)CCCCCCNC(=O)NC(C)c1ccc(Cl)cc1. The van der Waals surface area contributed by atoms with E-state index in [0.717, 1.165) is 31.2 Å². The van der Waals surface area contributed by atoms with Gasteiger partial charge in [0.25, 0.3) is 0 Å². The number of nitrogens with one attached hydrogen (secondary N) is 2. The van der Waals surface area contributed by atoms with Gasteiger partial charge in [0, 0.05) is 18.0 Å². The number of hydrogen-bond donors (Lipinski definition) is 2. The van der Waals surface area contributed by atoms with Crippen molar-refractivity contribution in [1.82, 2.24) is 10.6 Å². The fourth-order valence-corrected chi connectivity index (χ4v) is 2.39. The van der Waals surface area contributed by atoms with Gasteiger partial charge in [-0.3, -0.25) is 4.79 Å². The summed E-state index contributed by atoms with van der Waals surface area (Å²) in [4.78, 5) is 23.0. The molecule has 1 rings (SSSR count). The predicted molar refractivity (Wildman–Crippen MR) is 96.1 cm³/mol. The number of benzene rings is 1. The molecule has 0 aliphatic rings. The van der Waals surface area contributed by atoms with Crippen molar-refractivity contribution < 1.29 is 14.3 Å². The lowest BCUT2D eigenvalue weighted by atomic mass is 10.1. The van der Waals surface area contributed by atoms with Gasteiger partial charge in [0.2, 0.25) is 0 Å². The van der Waals surface area contributed by atoms with Crippen molar-refractivity contribution in [3.05, 3.63) is 34.9 Å². The molecule has 1 atom stereocenters. The molecule has 0 radical (unpaired) electrons. The number of urea groups is 1. The number of esters is 1. The second-order valence-electron chi connectivity index (χ2n) is 5.64. The van der Waals surface area contributed by atoms with E-state index in [2.05, 4.69) is 10.6 Å². The van der Waals surface area contributed by atoms with Crippen molar-refractivity contribution >= 4 is 23.6 Å². The minimum Gasteiger partial charge on any atom is -0.466 e. The van der Waals surface area contributed by atoms with Gasteiger partial charge in [-0.25, -0.2) is 4.79 Å². The van der Waals surface area contributed by atoms with E-state index in [4.69, 9.17) is 16.3 Å². The lowest BCUT2D eigenvalue weighted by Gasteiger charge is -2.15. The summed E-state index contributed by atoms with van der Waals surface area (Å²) in [6.45, 7) is 4.80. The average Bonchev–Trinajstić information content (AvgIpc) is 2.54. The first-order chi connectivity index (χ1) is 11.5. The molecule has 0 heterocycles. The van der Waals surface area contributed by atoms with Crippen LogP contribution in [-0.4, -0.2) is 25.2 Å². The summed E-state index contributed by atoms with van der Waals surface area (Å²) >= 11 is 5.85. The standard InChI is InChI=1S/C18H27ClN2O3/c1-3-24-17(22)8-6-4-5-7-13-20-18(23)21-14(2)15-9-11-16(19)12-10-15/h9-12,14H,3-8,13H2,1-2H3,(H2,20,21,23). The molecule has 24 heavy (non-hydrogen) atoms. The first-order valence-electron chi connectivity index (χ1n) is 8.48. The third kappa shape index (κ3) is 8.77. The van der Waals surface area contributed by atoms with Gasteiger partial charge in [-0.15, -0.1) is 0 Å². The van der Waals surface area contributed by atoms with E-state index < -0.39 is 0 Å². The van der Waals surface area contributed by atoms with E-state index in [-0.39, 0.29) is 18.0 Å². The zero-order chi connectivity index (χ0) is 17.8. The highest BCUT2D eigenvalue weighted by Gasteiger charge is 2.08. The third-order valence-corrected chi connectivity index (χ3v) is 3.87. The lowest BCUT2D eigenvalue weighted by Crippen LogP contribution is -2.37. The molecule has 0 bridgehead atoms. The molecule has 5 nitrogen and oxygen atoms in total. The zero-order valence-electron chi connectivity index (χ0n) is 14.4. The molecule has 2 amide bonds. The molecular formula is C18H27ClN2O3. The molecule has 0 aliphatic carbocycles. The molecule has 6 heteroatoms. The normalized spacial score (nSPS) is 11.6. The molecule has 0 saturated carbocycles. The molecule has 0 fully saturated rings. The summed E-state index contributed by atoms with van der Waals surface area (Å²) in [6, 6.07) is 7.16. The topological polar surface area (TPSA) is 67.4 Å². The number of halogens is 1. The van der Waals surface area contributed by atoms with Gasteiger partial charge >= 0.3 is 12.0 Å². The van der Waals surface area contributed by atoms with Gasteiger partial charge in [0.15, 0.2) is 0 Å². The third-order valence-electron chi connectivity index (χ3n) is 3.62. The molecular weight excluding hydrogens is 328 g/mol. The first-order valence-corrected chi connectivity index (χ1v) is 8.86. The fraction of sp³-hybridized carbons (Fsp3) is 0.556. The van der Waals surface area contributed by atoms with Crippen LogP contribution in [0.25, 0.3) is 0 Å². The summed E-state index contributed by atoms with van der Waals surface area (Å²) in [5.74, 6) is -0.133. The summed E-state index contributed by atoms with van der Waals surface area (Å²) in [5, 5.41) is 6.42. The molecule has 1 unspecified atom stereocenters. The van der Waals surface area contributed by atoms with E-state index in [0.29, 0.717) is 24.6 Å². The highest BCUT2D eigenvalue weighted by atomic mass is 35.5. The highest BCUT2D eigenvalue weighted by molar-refractivity contribution is 6.30.